The number of esters is 1. The molecule has 0 saturated heterocycles. The second-order valence-electron chi connectivity index (χ2n) is 8.76. The second-order valence-corrected chi connectivity index (χ2v) is 8.76. The summed E-state index contributed by atoms with van der Waals surface area (Å²) < 4.78 is 4.75. The molecular formula is C22H34N4O2. The molecule has 0 unspecified atom stereocenters. The third-order valence-electron chi connectivity index (χ3n) is 6.66. The van der Waals surface area contributed by atoms with Crippen molar-refractivity contribution in [1.29, 1.82) is 0 Å². The predicted octanol–water partition coefficient (Wildman–Crippen LogP) is 2.51. The van der Waals surface area contributed by atoms with E-state index < -0.39 is 6.04 Å². The smallest absolute Gasteiger partial charge is 0.322 e. The van der Waals surface area contributed by atoms with E-state index in [1.807, 2.05) is 0 Å². The molecular weight excluding hydrogens is 352 g/mol. The first-order chi connectivity index (χ1) is 13.6. The molecule has 0 radical (unpaired) electrons. The first kappa shape index (κ1) is 19.6. The van der Waals surface area contributed by atoms with Crippen LogP contribution in [0.15, 0.2) is 12.1 Å². The van der Waals surface area contributed by atoms with Crippen LogP contribution >= 0.6 is 0 Å². The number of aryl methyl sites for hydroxylation is 2. The highest BCUT2D eigenvalue weighted by Crippen LogP contribution is 2.40. The Morgan fingerprint density at radius 3 is 2.93 bits per heavy atom. The van der Waals surface area contributed by atoms with Crippen LogP contribution in [0.3, 0.4) is 0 Å². The van der Waals surface area contributed by atoms with Gasteiger partial charge in [-0.1, -0.05) is 6.07 Å². The number of nitrogens with two attached hydrogens (primary N) is 1. The molecule has 2 saturated carbocycles. The molecule has 1 aromatic rings. The average Bonchev–Trinajstić information content (AvgIpc) is 3.53. The van der Waals surface area contributed by atoms with Crippen molar-refractivity contribution in [3.8, 4) is 0 Å². The Morgan fingerprint density at radius 1 is 1.36 bits per heavy atom. The summed E-state index contributed by atoms with van der Waals surface area (Å²) in [5.74, 6) is 1.61. The molecule has 3 aliphatic rings. The molecule has 0 aromatic carbocycles. The van der Waals surface area contributed by atoms with Gasteiger partial charge in [-0.2, -0.15) is 0 Å². The standard InChI is InChI=1S/C22H34N4O2/c1-28-22(27)20(23)10-12-26(18-8-9-18)19-13-15(14-19)4-6-17-7-5-16-3-2-11-24-21(16)25-17/h5,7,15,18-20H,2-4,6,8-14,23H2,1H3,(H,24,25)/t15?,19?,20-/m0/s1. The molecule has 6 heteroatoms. The van der Waals surface area contributed by atoms with Gasteiger partial charge in [-0.15, -0.1) is 0 Å². The van der Waals surface area contributed by atoms with Crippen LogP contribution in [-0.4, -0.2) is 54.2 Å². The Bertz CT molecular complexity index is 685. The molecule has 2 aliphatic carbocycles. The number of pyridine rings is 1. The second kappa shape index (κ2) is 8.78. The molecule has 3 N–H and O–H groups in total. The van der Waals surface area contributed by atoms with Crippen LogP contribution in [0.1, 0.15) is 56.2 Å². The summed E-state index contributed by atoms with van der Waals surface area (Å²) in [6.45, 7) is 1.96. The zero-order valence-corrected chi connectivity index (χ0v) is 17.0. The molecule has 0 amide bonds. The molecule has 6 nitrogen and oxygen atoms in total. The van der Waals surface area contributed by atoms with Crippen LogP contribution in [0.25, 0.3) is 0 Å². The van der Waals surface area contributed by atoms with Gasteiger partial charge in [-0.05, 0) is 75.3 Å². The van der Waals surface area contributed by atoms with Gasteiger partial charge in [-0.3, -0.25) is 9.69 Å². The number of nitrogens with one attached hydrogen (secondary N) is 1. The number of carbonyl (C=O) groups excluding carboxylic acids is 1. The van der Waals surface area contributed by atoms with Crippen molar-refractivity contribution in [3.63, 3.8) is 0 Å². The number of hydrogen-bond acceptors (Lipinski definition) is 6. The lowest BCUT2D eigenvalue weighted by atomic mass is 9.76. The predicted molar refractivity (Wildman–Crippen MR) is 110 cm³/mol. The number of carbonyl (C=O) groups is 1. The molecule has 1 aliphatic heterocycles. The summed E-state index contributed by atoms with van der Waals surface area (Å²) in [4.78, 5) is 19.0. The average molecular weight is 387 g/mol. The molecule has 1 atom stereocenters. The summed E-state index contributed by atoms with van der Waals surface area (Å²) in [7, 11) is 1.41. The summed E-state index contributed by atoms with van der Waals surface area (Å²) in [6, 6.07) is 5.36. The van der Waals surface area contributed by atoms with Crippen molar-refractivity contribution in [3.05, 3.63) is 23.4 Å². The highest BCUT2D eigenvalue weighted by molar-refractivity contribution is 5.75. The lowest BCUT2D eigenvalue weighted by Gasteiger charge is -2.43. The maximum atomic E-state index is 11.5. The number of methoxy groups -OCH3 is 1. The number of rotatable bonds is 9. The highest BCUT2D eigenvalue weighted by atomic mass is 16.5. The summed E-state index contributed by atoms with van der Waals surface area (Å²) in [5, 5.41) is 3.43. The number of anilines is 1. The fourth-order valence-corrected chi connectivity index (χ4v) is 4.69. The fourth-order valence-electron chi connectivity index (χ4n) is 4.69. The maximum Gasteiger partial charge on any atom is 0.322 e. The molecule has 4 rings (SSSR count). The number of hydrogen-bond donors (Lipinski definition) is 2. The lowest BCUT2D eigenvalue weighted by molar-refractivity contribution is -0.142. The van der Waals surface area contributed by atoms with Crippen molar-refractivity contribution in [2.24, 2.45) is 11.7 Å². The van der Waals surface area contributed by atoms with Gasteiger partial charge in [0.25, 0.3) is 0 Å². The van der Waals surface area contributed by atoms with E-state index in [9.17, 15) is 4.79 Å². The van der Waals surface area contributed by atoms with E-state index in [1.165, 1.54) is 56.9 Å². The minimum absolute atomic E-state index is 0.297. The Morgan fingerprint density at radius 2 is 2.18 bits per heavy atom. The van der Waals surface area contributed by atoms with Gasteiger partial charge in [0.1, 0.15) is 11.9 Å². The van der Waals surface area contributed by atoms with Crippen molar-refractivity contribution in [1.82, 2.24) is 9.88 Å². The van der Waals surface area contributed by atoms with E-state index >= 15 is 0 Å². The third kappa shape index (κ3) is 4.66. The number of nitrogens with zero attached hydrogens (tertiary/aromatic N) is 2. The van der Waals surface area contributed by atoms with E-state index in [-0.39, 0.29) is 5.97 Å². The largest absolute Gasteiger partial charge is 0.468 e. The van der Waals surface area contributed by atoms with Crippen LogP contribution in [0.5, 0.6) is 0 Å². The first-order valence-corrected chi connectivity index (χ1v) is 11.0. The third-order valence-corrected chi connectivity index (χ3v) is 6.66. The number of aromatic nitrogens is 1. The van der Waals surface area contributed by atoms with Gasteiger partial charge in [0.05, 0.1) is 7.11 Å². The van der Waals surface area contributed by atoms with E-state index in [2.05, 4.69) is 22.3 Å². The molecule has 1 aromatic heterocycles. The molecule has 0 bridgehead atoms. The Hall–Kier alpha value is -1.66. The van der Waals surface area contributed by atoms with Gasteiger partial charge >= 0.3 is 5.97 Å². The summed E-state index contributed by atoms with van der Waals surface area (Å²) in [6.07, 6.45) is 10.5. The molecule has 2 heterocycles. The van der Waals surface area contributed by atoms with Crippen LogP contribution in [0.2, 0.25) is 0 Å². The number of ether oxygens (including phenoxy) is 1. The van der Waals surface area contributed by atoms with Gasteiger partial charge in [-0.25, -0.2) is 4.98 Å². The zero-order valence-electron chi connectivity index (χ0n) is 17.0. The van der Waals surface area contributed by atoms with Gasteiger partial charge in [0, 0.05) is 30.9 Å². The van der Waals surface area contributed by atoms with Crippen molar-refractivity contribution < 1.29 is 9.53 Å². The quantitative estimate of drug-likeness (QED) is 0.635. The summed E-state index contributed by atoms with van der Waals surface area (Å²) in [5.41, 5.74) is 8.52. The number of fused-ring (bicyclic) bond motifs is 1. The van der Waals surface area contributed by atoms with Crippen LogP contribution in [0, 0.1) is 5.92 Å². The zero-order chi connectivity index (χ0) is 19.5. The van der Waals surface area contributed by atoms with E-state index in [4.69, 9.17) is 15.5 Å². The monoisotopic (exact) mass is 386 g/mol. The normalized spacial score (nSPS) is 24.8. The van der Waals surface area contributed by atoms with Crippen LogP contribution in [-0.2, 0) is 22.4 Å². The van der Waals surface area contributed by atoms with E-state index in [1.54, 1.807) is 0 Å². The fraction of sp³-hybridized carbons (Fsp3) is 0.727. The Balaban J connectivity index is 1.21. The molecule has 0 spiro atoms. The van der Waals surface area contributed by atoms with Gasteiger partial charge < -0.3 is 15.8 Å². The van der Waals surface area contributed by atoms with E-state index in [0.717, 1.165) is 37.7 Å². The van der Waals surface area contributed by atoms with Gasteiger partial charge in [0.15, 0.2) is 0 Å². The highest BCUT2D eigenvalue weighted by Gasteiger charge is 2.40. The van der Waals surface area contributed by atoms with Crippen LogP contribution in [0.4, 0.5) is 5.82 Å². The SMILES string of the molecule is COC(=O)[C@@H](N)CCN(C1CC1)C1CC(CCc2ccc3c(n2)NCCC3)C1. The van der Waals surface area contributed by atoms with Crippen molar-refractivity contribution in [2.75, 3.05) is 25.5 Å². The molecule has 154 valence electrons. The Labute approximate surface area is 168 Å². The summed E-state index contributed by atoms with van der Waals surface area (Å²) >= 11 is 0. The molecule has 2 fully saturated rings. The Kier molecular flexibility index (Phi) is 6.16. The van der Waals surface area contributed by atoms with Crippen molar-refractivity contribution >= 4 is 11.8 Å². The lowest BCUT2D eigenvalue weighted by Crippen LogP contribution is -2.48. The minimum Gasteiger partial charge on any atom is -0.468 e. The molecule has 28 heavy (non-hydrogen) atoms. The first-order valence-electron chi connectivity index (χ1n) is 11.0. The maximum absolute atomic E-state index is 11.5. The van der Waals surface area contributed by atoms with Gasteiger partial charge in [0.2, 0.25) is 0 Å². The van der Waals surface area contributed by atoms with E-state index in [0.29, 0.717) is 18.5 Å². The van der Waals surface area contributed by atoms with Crippen LogP contribution < -0.4 is 11.1 Å². The topological polar surface area (TPSA) is 80.5 Å². The minimum atomic E-state index is -0.495. The van der Waals surface area contributed by atoms with Crippen molar-refractivity contribution in [2.45, 2.75) is 75.9 Å².